The summed E-state index contributed by atoms with van der Waals surface area (Å²) < 4.78 is 2.61. The van der Waals surface area contributed by atoms with Gasteiger partial charge in [0.25, 0.3) is 0 Å². The van der Waals surface area contributed by atoms with Crippen LogP contribution in [0, 0.1) is 13.8 Å². The Kier molecular flexibility index (Phi) is 3.28. The molecule has 0 aliphatic rings. The van der Waals surface area contributed by atoms with Crippen molar-refractivity contribution in [2.75, 3.05) is 0 Å². The zero-order valence-electron chi connectivity index (χ0n) is 12.3. The van der Waals surface area contributed by atoms with Crippen LogP contribution in [-0.2, 0) is 0 Å². The second-order valence-corrected chi connectivity index (χ2v) is 7.56. The van der Waals surface area contributed by atoms with Crippen molar-refractivity contribution in [2.24, 2.45) is 0 Å². The maximum Gasteiger partial charge on any atom is 0.0802 e. The summed E-state index contributed by atoms with van der Waals surface area (Å²) >= 11 is 3.59. The summed E-state index contributed by atoms with van der Waals surface area (Å²) in [5, 5.41) is 0. The van der Waals surface area contributed by atoms with Crippen molar-refractivity contribution in [1.82, 2.24) is 9.97 Å². The predicted octanol–water partition coefficient (Wildman–Crippen LogP) is 5.70. The Morgan fingerprint density at radius 2 is 1.14 bits per heavy atom. The molecule has 0 aliphatic carbocycles. The Morgan fingerprint density at radius 1 is 0.682 bits per heavy atom. The molecule has 0 spiro atoms. The minimum Gasteiger partial charge on any atom is -0.255 e. The van der Waals surface area contributed by atoms with Gasteiger partial charge in [0.05, 0.1) is 21.1 Å². The fourth-order valence-electron chi connectivity index (χ4n) is 2.32. The molecule has 0 radical (unpaired) electrons. The van der Waals surface area contributed by atoms with Gasteiger partial charge in [-0.05, 0) is 49.2 Å². The highest BCUT2D eigenvalue weighted by Crippen LogP contribution is 2.40. The third-order valence-electron chi connectivity index (χ3n) is 3.53. The van der Waals surface area contributed by atoms with Crippen LogP contribution in [0.25, 0.3) is 30.5 Å². The average molecular weight is 322 g/mol. The van der Waals surface area contributed by atoms with Crippen LogP contribution in [-0.4, -0.2) is 9.97 Å². The van der Waals surface area contributed by atoms with Gasteiger partial charge in [-0.2, -0.15) is 0 Å². The van der Waals surface area contributed by atoms with Gasteiger partial charge in [-0.25, -0.2) is 0 Å². The largest absolute Gasteiger partial charge is 0.255 e. The summed E-state index contributed by atoms with van der Waals surface area (Å²) in [4.78, 5) is 11.5. The molecule has 0 amide bonds. The van der Waals surface area contributed by atoms with Gasteiger partial charge in [0.1, 0.15) is 0 Å². The number of fused-ring (bicyclic) bond motifs is 1. The summed E-state index contributed by atoms with van der Waals surface area (Å²) in [6.07, 6.45) is 3.84. The second kappa shape index (κ2) is 5.30. The van der Waals surface area contributed by atoms with E-state index in [1.165, 1.54) is 30.3 Å². The van der Waals surface area contributed by atoms with E-state index in [0.717, 1.165) is 11.4 Å². The molecule has 108 valence electrons. The van der Waals surface area contributed by atoms with E-state index in [4.69, 9.17) is 0 Å². The molecule has 0 unspecified atom stereocenters. The van der Waals surface area contributed by atoms with Crippen LogP contribution in [0.4, 0.5) is 0 Å². The first kappa shape index (κ1) is 13.6. The van der Waals surface area contributed by atoms with Crippen molar-refractivity contribution in [3.8, 4) is 21.1 Å². The molecule has 0 aromatic carbocycles. The van der Waals surface area contributed by atoms with Crippen molar-refractivity contribution in [3.63, 3.8) is 0 Å². The Morgan fingerprint density at radius 3 is 1.50 bits per heavy atom. The number of hydrogen-bond acceptors (Lipinski definition) is 4. The van der Waals surface area contributed by atoms with Crippen LogP contribution in [0.2, 0.25) is 0 Å². The highest BCUT2D eigenvalue weighted by atomic mass is 32.1. The quantitative estimate of drug-likeness (QED) is 0.473. The van der Waals surface area contributed by atoms with E-state index >= 15 is 0 Å². The smallest absolute Gasteiger partial charge is 0.0802 e. The first-order valence-corrected chi connectivity index (χ1v) is 8.72. The molecule has 0 saturated carbocycles. The molecule has 4 heterocycles. The van der Waals surface area contributed by atoms with Gasteiger partial charge in [0.2, 0.25) is 0 Å². The van der Waals surface area contributed by atoms with E-state index in [0.29, 0.717) is 0 Å². The van der Waals surface area contributed by atoms with E-state index in [9.17, 15) is 0 Å². The van der Waals surface area contributed by atoms with Gasteiger partial charge in [-0.3, -0.25) is 9.97 Å². The molecule has 0 atom stereocenters. The lowest BCUT2D eigenvalue weighted by atomic mass is 10.2. The van der Waals surface area contributed by atoms with Crippen LogP contribution < -0.4 is 0 Å². The Balaban J connectivity index is 1.73. The van der Waals surface area contributed by atoms with Crippen molar-refractivity contribution >= 4 is 32.1 Å². The van der Waals surface area contributed by atoms with Crippen LogP contribution in [0.3, 0.4) is 0 Å². The molecule has 4 heteroatoms. The van der Waals surface area contributed by atoms with Gasteiger partial charge < -0.3 is 0 Å². The maximum atomic E-state index is 4.52. The second-order valence-electron chi connectivity index (χ2n) is 5.39. The highest BCUT2D eigenvalue weighted by Gasteiger charge is 2.11. The fraction of sp³-hybridized carbons (Fsp3) is 0.111. The number of hydrogen-bond donors (Lipinski definition) is 0. The molecular formula is C18H14N2S2. The third kappa shape index (κ3) is 2.45. The number of pyridine rings is 2. The molecule has 0 saturated heterocycles. The Hall–Kier alpha value is -2.04. The maximum absolute atomic E-state index is 4.52. The van der Waals surface area contributed by atoms with Gasteiger partial charge in [0.15, 0.2) is 0 Å². The van der Waals surface area contributed by atoms with Crippen LogP contribution in [0.15, 0.2) is 48.8 Å². The molecular weight excluding hydrogens is 308 g/mol. The normalized spacial score (nSPS) is 11.2. The van der Waals surface area contributed by atoms with E-state index in [2.05, 4.69) is 60.2 Å². The van der Waals surface area contributed by atoms with Gasteiger partial charge >= 0.3 is 0 Å². The molecule has 2 nitrogen and oxygen atoms in total. The van der Waals surface area contributed by atoms with Gasteiger partial charge in [0, 0.05) is 21.8 Å². The van der Waals surface area contributed by atoms with Crippen molar-refractivity contribution in [1.29, 1.82) is 0 Å². The minimum absolute atomic E-state index is 1.05. The summed E-state index contributed by atoms with van der Waals surface area (Å²) in [6.45, 7) is 4.12. The van der Waals surface area contributed by atoms with E-state index in [-0.39, 0.29) is 0 Å². The Labute approximate surface area is 137 Å². The summed E-state index contributed by atoms with van der Waals surface area (Å²) in [7, 11) is 0. The molecule has 0 N–H and O–H groups in total. The number of rotatable bonds is 2. The Bertz CT molecular complexity index is 825. The summed E-state index contributed by atoms with van der Waals surface area (Å²) in [5.74, 6) is 0. The van der Waals surface area contributed by atoms with E-state index < -0.39 is 0 Å². The van der Waals surface area contributed by atoms with Crippen LogP contribution in [0.5, 0.6) is 0 Å². The van der Waals surface area contributed by atoms with Crippen molar-refractivity contribution in [3.05, 3.63) is 59.9 Å². The zero-order valence-corrected chi connectivity index (χ0v) is 14.0. The lowest BCUT2D eigenvalue weighted by Gasteiger charge is -1.97. The molecule has 4 aromatic rings. The SMILES string of the molecule is Cc1ccc(-c2cc3sc(-c4ccc(C)cn4)cc3s2)nc1. The van der Waals surface area contributed by atoms with E-state index in [1.54, 1.807) is 22.7 Å². The van der Waals surface area contributed by atoms with Crippen LogP contribution >= 0.6 is 22.7 Å². The van der Waals surface area contributed by atoms with E-state index in [1.807, 2.05) is 12.4 Å². The number of aryl methyl sites for hydroxylation is 2. The average Bonchev–Trinajstić information content (AvgIpc) is 3.07. The highest BCUT2D eigenvalue weighted by molar-refractivity contribution is 7.31. The molecule has 0 fully saturated rings. The third-order valence-corrected chi connectivity index (χ3v) is 5.87. The van der Waals surface area contributed by atoms with Crippen molar-refractivity contribution in [2.45, 2.75) is 13.8 Å². The molecule has 4 aromatic heterocycles. The summed E-state index contributed by atoms with van der Waals surface area (Å²) in [6, 6.07) is 12.9. The van der Waals surface area contributed by atoms with Gasteiger partial charge in [-0.1, -0.05) is 12.1 Å². The topological polar surface area (TPSA) is 25.8 Å². The zero-order chi connectivity index (χ0) is 15.1. The fourth-order valence-corrected chi connectivity index (χ4v) is 4.67. The number of thiophene rings is 2. The molecule has 22 heavy (non-hydrogen) atoms. The molecule has 4 rings (SSSR count). The first-order chi connectivity index (χ1) is 10.7. The minimum atomic E-state index is 1.05. The predicted molar refractivity (Wildman–Crippen MR) is 95.6 cm³/mol. The first-order valence-electron chi connectivity index (χ1n) is 7.08. The van der Waals surface area contributed by atoms with Gasteiger partial charge in [-0.15, -0.1) is 22.7 Å². The lowest BCUT2D eigenvalue weighted by molar-refractivity contribution is 1.28. The number of aromatic nitrogens is 2. The van der Waals surface area contributed by atoms with Crippen molar-refractivity contribution < 1.29 is 0 Å². The standard InChI is InChI=1S/C18H14N2S2/c1-11-3-5-13(19-9-11)15-7-17-18(21-15)8-16(22-17)14-6-4-12(2)10-20-14/h3-10H,1-2H3. The lowest BCUT2D eigenvalue weighted by Crippen LogP contribution is -1.80. The van der Waals surface area contributed by atoms with Crippen LogP contribution in [0.1, 0.15) is 11.1 Å². The summed E-state index contributed by atoms with van der Waals surface area (Å²) in [5.41, 5.74) is 4.48. The molecule has 0 bridgehead atoms. The molecule has 0 aliphatic heterocycles. The number of nitrogens with zero attached hydrogens (tertiary/aromatic N) is 2. The monoisotopic (exact) mass is 322 g/mol.